The minimum Gasteiger partial charge on any atom is -0.371 e. The molecule has 0 aromatic heterocycles. The van der Waals surface area contributed by atoms with Crippen LogP contribution in [-0.4, -0.2) is 19.0 Å². The van der Waals surface area contributed by atoms with Crippen LogP contribution in [0.1, 0.15) is 30.4 Å². The van der Waals surface area contributed by atoms with Crippen LogP contribution < -0.4 is 16.0 Å². The van der Waals surface area contributed by atoms with Crippen molar-refractivity contribution in [2.24, 2.45) is 10.7 Å². The number of nitrogens with one attached hydrogen (secondary N) is 1. The average Bonchev–Trinajstić information content (AvgIpc) is 2.63. The van der Waals surface area contributed by atoms with E-state index in [0.717, 1.165) is 18.8 Å². The summed E-state index contributed by atoms with van der Waals surface area (Å²) in [5.41, 5.74) is 10.8. The number of para-hydroxylation sites is 1. The van der Waals surface area contributed by atoms with Gasteiger partial charge in [-0.05, 0) is 49.9 Å². The standard InChI is InChI=1S/C20H26N4/c1-16-9-11-18(12-10-16)23-20(21)22-15-17-7-3-4-8-19(17)24-13-5-2-6-14-24/h3-4,7-12H,2,5-6,13-15H2,1H3,(H3,21,22,23). The van der Waals surface area contributed by atoms with Gasteiger partial charge >= 0.3 is 0 Å². The molecule has 0 aliphatic carbocycles. The van der Waals surface area contributed by atoms with Crippen molar-refractivity contribution >= 4 is 17.3 Å². The van der Waals surface area contributed by atoms with Crippen molar-refractivity contribution < 1.29 is 0 Å². The van der Waals surface area contributed by atoms with Crippen LogP contribution in [0, 0.1) is 6.92 Å². The van der Waals surface area contributed by atoms with Crippen molar-refractivity contribution in [2.45, 2.75) is 32.7 Å². The Labute approximate surface area is 144 Å². The molecule has 2 aromatic carbocycles. The van der Waals surface area contributed by atoms with Crippen molar-refractivity contribution in [1.82, 2.24) is 0 Å². The molecule has 3 N–H and O–H groups in total. The molecule has 2 aromatic rings. The van der Waals surface area contributed by atoms with E-state index in [9.17, 15) is 0 Å². The molecule has 1 heterocycles. The average molecular weight is 322 g/mol. The summed E-state index contributed by atoms with van der Waals surface area (Å²) in [5, 5.41) is 3.15. The quantitative estimate of drug-likeness (QED) is 0.663. The van der Waals surface area contributed by atoms with E-state index < -0.39 is 0 Å². The molecule has 0 unspecified atom stereocenters. The second-order valence-corrected chi connectivity index (χ2v) is 6.37. The second kappa shape index (κ2) is 7.86. The molecule has 0 atom stereocenters. The Hall–Kier alpha value is -2.49. The zero-order valence-corrected chi connectivity index (χ0v) is 14.3. The van der Waals surface area contributed by atoms with Crippen molar-refractivity contribution in [3.8, 4) is 0 Å². The Bertz CT molecular complexity index is 685. The van der Waals surface area contributed by atoms with E-state index in [1.807, 2.05) is 12.1 Å². The highest BCUT2D eigenvalue weighted by atomic mass is 15.1. The molecule has 24 heavy (non-hydrogen) atoms. The summed E-state index contributed by atoms with van der Waals surface area (Å²) in [6, 6.07) is 16.7. The number of aryl methyl sites for hydroxylation is 1. The summed E-state index contributed by atoms with van der Waals surface area (Å²) in [7, 11) is 0. The van der Waals surface area contributed by atoms with Crippen LogP contribution in [0.2, 0.25) is 0 Å². The number of aliphatic imine (C=N–C) groups is 1. The van der Waals surface area contributed by atoms with Gasteiger partial charge in [-0.1, -0.05) is 35.9 Å². The van der Waals surface area contributed by atoms with Gasteiger partial charge in [-0.15, -0.1) is 0 Å². The third kappa shape index (κ3) is 4.28. The van der Waals surface area contributed by atoms with Crippen LogP contribution in [0.15, 0.2) is 53.5 Å². The van der Waals surface area contributed by atoms with E-state index in [2.05, 4.69) is 58.5 Å². The number of guanidine groups is 1. The molecular formula is C20H26N4. The van der Waals surface area contributed by atoms with Gasteiger partial charge in [-0.3, -0.25) is 0 Å². The zero-order chi connectivity index (χ0) is 16.8. The number of nitrogens with zero attached hydrogens (tertiary/aromatic N) is 2. The van der Waals surface area contributed by atoms with Crippen LogP contribution in [0.5, 0.6) is 0 Å². The lowest BCUT2D eigenvalue weighted by molar-refractivity contribution is 0.576. The van der Waals surface area contributed by atoms with Crippen molar-refractivity contribution in [3.05, 3.63) is 59.7 Å². The van der Waals surface area contributed by atoms with Gasteiger partial charge < -0.3 is 16.0 Å². The first-order chi connectivity index (χ1) is 11.7. The predicted octanol–water partition coefficient (Wildman–Crippen LogP) is 3.91. The van der Waals surface area contributed by atoms with E-state index in [-0.39, 0.29) is 0 Å². The van der Waals surface area contributed by atoms with Gasteiger partial charge in [0, 0.05) is 24.5 Å². The largest absolute Gasteiger partial charge is 0.371 e. The molecule has 4 nitrogen and oxygen atoms in total. The lowest BCUT2D eigenvalue weighted by atomic mass is 10.1. The molecule has 0 spiro atoms. The number of piperidine rings is 1. The van der Waals surface area contributed by atoms with Gasteiger partial charge in [-0.25, -0.2) is 4.99 Å². The Morgan fingerprint density at radius 3 is 2.50 bits per heavy atom. The topological polar surface area (TPSA) is 53.6 Å². The monoisotopic (exact) mass is 322 g/mol. The lowest BCUT2D eigenvalue weighted by Gasteiger charge is -2.30. The van der Waals surface area contributed by atoms with E-state index >= 15 is 0 Å². The number of anilines is 2. The fourth-order valence-electron chi connectivity index (χ4n) is 3.08. The first kappa shape index (κ1) is 16.4. The molecular weight excluding hydrogens is 296 g/mol. The van der Waals surface area contributed by atoms with E-state index in [4.69, 9.17) is 5.73 Å². The molecule has 1 saturated heterocycles. The minimum atomic E-state index is 0.451. The van der Waals surface area contributed by atoms with Crippen LogP contribution in [0.4, 0.5) is 11.4 Å². The number of hydrogen-bond donors (Lipinski definition) is 2. The third-order valence-electron chi connectivity index (χ3n) is 4.43. The molecule has 0 radical (unpaired) electrons. The van der Waals surface area contributed by atoms with Gasteiger partial charge in [-0.2, -0.15) is 0 Å². The van der Waals surface area contributed by atoms with Crippen LogP contribution in [0.3, 0.4) is 0 Å². The minimum absolute atomic E-state index is 0.451. The Morgan fingerprint density at radius 1 is 1.04 bits per heavy atom. The number of hydrogen-bond acceptors (Lipinski definition) is 2. The predicted molar refractivity (Wildman–Crippen MR) is 103 cm³/mol. The van der Waals surface area contributed by atoms with Crippen molar-refractivity contribution in [2.75, 3.05) is 23.3 Å². The van der Waals surface area contributed by atoms with Crippen molar-refractivity contribution in [3.63, 3.8) is 0 Å². The summed E-state index contributed by atoms with van der Waals surface area (Å²) in [4.78, 5) is 6.99. The maximum absolute atomic E-state index is 6.05. The molecule has 0 bridgehead atoms. The van der Waals surface area contributed by atoms with Gasteiger partial charge in [0.05, 0.1) is 6.54 Å². The third-order valence-corrected chi connectivity index (χ3v) is 4.43. The van der Waals surface area contributed by atoms with E-state index in [1.54, 1.807) is 0 Å². The summed E-state index contributed by atoms with van der Waals surface area (Å²) in [6.07, 6.45) is 3.88. The first-order valence-electron chi connectivity index (χ1n) is 8.69. The number of nitrogens with two attached hydrogens (primary N) is 1. The van der Waals surface area contributed by atoms with Crippen LogP contribution in [0.25, 0.3) is 0 Å². The van der Waals surface area contributed by atoms with Crippen molar-refractivity contribution in [1.29, 1.82) is 0 Å². The second-order valence-electron chi connectivity index (χ2n) is 6.37. The fraction of sp³-hybridized carbons (Fsp3) is 0.350. The summed E-state index contributed by atoms with van der Waals surface area (Å²) in [5.74, 6) is 0.451. The van der Waals surface area contributed by atoms with Gasteiger partial charge in [0.25, 0.3) is 0 Å². The molecule has 0 saturated carbocycles. The summed E-state index contributed by atoms with van der Waals surface area (Å²) < 4.78 is 0. The van der Waals surface area contributed by atoms with Gasteiger partial charge in [0.2, 0.25) is 0 Å². The molecule has 4 heteroatoms. The maximum atomic E-state index is 6.05. The molecule has 0 amide bonds. The van der Waals surface area contributed by atoms with Gasteiger partial charge in [0.15, 0.2) is 5.96 Å². The molecule has 1 fully saturated rings. The maximum Gasteiger partial charge on any atom is 0.193 e. The highest BCUT2D eigenvalue weighted by Gasteiger charge is 2.13. The van der Waals surface area contributed by atoms with E-state index in [0.29, 0.717) is 12.5 Å². The normalized spacial score (nSPS) is 15.4. The Kier molecular flexibility index (Phi) is 5.36. The SMILES string of the molecule is Cc1ccc(NC(N)=NCc2ccccc2N2CCCCC2)cc1. The number of benzene rings is 2. The molecule has 1 aliphatic heterocycles. The molecule has 3 rings (SSSR count). The number of rotatable bonds is 4. The van der Waals surface area contributed by atoms with Gasteiger partial charge in [0.1, 0.15) is 0 Å². The highest BCUT2D eigenvalue weighted by molar-refractivity contribution is 5.92. The first-order valence-corrected chi connectivity index (χ1v) is 8.69. The summed E-state index contributed by atoms with van der Waals surface area (Å²) in [6.45, 7) is 4.94. The highest BCUT2D eigenvalue weighted by Crippen LogP contribution is 2.24. The van der Waals surface area contributed by atoms with E-state index in [1.165, 1.54) is 36.1 Å². The fourth-order valence-corrected chi connectivity index (χ4v) is 3.08. The molecule has 1 aliphatic rings. The van der Waals surface area contributed by atoms with Crippen LogP contribution in [-0.2, 0) is 6.54 Å². The lowest BCUT2D eigenvalue weighted by Crippen LogP contribution is -2.30. The van der Waals surface area contributed by atoms with Crippen LogP contribution >= 0.6 is 0 Å². The zero-order valence-electron chi connectivity index (χ0n) is 14.3. The Balaban J connectivity index is 1.68. The Morgan fingerprint density at radius 2 is 1.75 bits per heavy atom. The smallest absolute Gasteiger partial charge is 0.193 e. The molecule has 126 valence electrons. The summed E-state index contributed by atoms with van der Waals surface area (Å²) >= 11 is 0.